The Morgan fingerprint density at radius 3 is 2.35 bits per heavy atom. The van der Waals surface area contributed by atoms with Gasteiger partial charge in [0.25, 0.3) is 5.91 Å². The highest BCUT2D eigenvalue weighted by Crippen LogP contribution is 2.34. The number of carbonyl (C=O) groups excluding carboxylic acids is 3. The van der Waals surface area contributed by atoms with Crippen molar-refractivity contribution in [3.05, 3.63) is 94.7 Å². The van der Waals surface area contributed by atoms with E-state index in [2.05, 4.69) is 10.6 Å². The molecule has 0 spiro atoms. The van der Waals surface area contributed by atoms with Crippen molar-refractivity contribution < 1.29 is 29.0 Å². The van der Waals surface area contributed by atoms with Crippen LogP contribution < -0.4 is 10.6 Å². The number of nitrogens with zero attached hydrogens (tertiary/aromatic N) is 1. The van der Waals surface area contributed by atoms with Crippen LogP contribution in [0.4, 0.5) is 0 Å². The van der Waals surface area contributed by atoms with E-state index in [-0.39, 0.29) is 47.1 Å². The van der Waals surface area contributed by atoms with Crippen LogP contribution in [0, 0.1) is 18.3 Å². The van der Waals surface area contributed by atoms with E-state index in [9.17, 15) is 19.5 Å². The minimum absolute atomic E-state index is 0.0453. The predicted octanol–water partition coefficient (Wildman–Crippen LogP) is 4.18. The van der Waals surface area contributed by atoms with E-state index >= 15 is 0 Å². The number of ether oxygens (including phenoxy) is 2. The van der Waals surface area contributed by atoms with Crippen LogP contribution >= 0.6 is 0 Å². The number of ketones is 2. The summed E-state index contributed by atoms with van der Waals surface area (Å²) in [6.45, 7) is 8.59. The van der Waals surface area contributed by atoms with Crippen molar-refractivity contribution in [1.82, 2.24) is 15.5 Å². The van der Waals surface area contributed by atoms with E-state index in [0.717, 1.165) is 5.57 Å². The molecule has 1 aromatic rings. The Morgan fingerprint density at radius 1 is 1.02 bits per heavy atom. The normalized spacial score (nSPS) is 28.8. The minimum atomic E-state index is -0.810. The molecule has 3 rings (SSSR count). The van der Waals surface area contributed by atoms with Gasteiger partial charge in [0.05, 0.1) is 29.6 Å². The van der Waals surface area contributed by atoms with E-state index < -0.39 is 23.9 Å². The number of aliphatic hydroxyl groups is 1. The number of carbonyl (C=O) groups is 3. The SMILES string of the molecule is CO[C@H]1C[C@H](C)CC2=C(NCCN(C)C)C(=O)C(c3ccccc3)=C(NC(=O)/C(C)=C/C=C\[C@@H](OC)[CH]/C(C)=C/[C@H](C)[C@H]1O)C2=O. The van der Waals surface area contributed by atoms with Crippen LogP contribution in [0.1, 0.15) is 46.1 Å². The molecule has 9 heteroatoms. The number of rotatable bonds is 7. The van der Waals surface area contributed by atoms with Gasteiger partial charge in [-0.1, -0.05) is 74.1 Å². The van der Waals surface area contributed by atoms with Gasteiger partial charge in [0, 0.05) is 50.8 Å². The van der Waals surface area contributed by atoms with Gasteiger partial charge in [0.15, 0.2) is 0 Å². The summed E-state index contributed by atoms with van der Waals surface area (Å²) in [5.74, 6) is -1.65. The van der Waals surface area contributed by atoms with E-state index in [4.69, 9.17) is 9.47 Å². The monoisotopic (exact) mass is 632 g/mol. The second kappa shape index (κ2) is 17.3. The maximum atomic E-state index is 14.4. The second-order valence-electron chi connectivity index (χ2n) is 12.5. The molecule has 5 atom stereocenters. The molecular formula is C37H50N3O6. The average Bonchev–Trinajstić information content (AvgIpc) is 3.02. The Kier molecular flexibility index (Phi) is 13.9. The van der Waals surface area contributed by atoms with Crippen LogP contribution in [-0.4, -0.2) is 87.2 Å². The molecule has 0 unspecified atom stereocenters. The number of nitrogens with one attached hydrogen (secondary N) is 2. The first-order valence-corrected chi connectivity index (χ1v) is 15.8. The number of methoxy groups -OCH3 is 2. The zero-order valence-electron chi connectivity index (χ0n) is 28.4. The van der Waals surface area contributed by atoms with Gasteiger partial charge < -0.3 is 30.1 Å². The molecule has 46 heavy (non-hydrogen) atoms. The first kappa shape index (κ1) is 36.8. The lowest BCUT2D eigenvalue weighted by Crippen LogP contribution is -2.40. The average molecular weight is 633 g/mol. The number of hydrogen-bond acceptors (Lipinski definition) is 8. The van der Waals surface area contributed by atoms with Crippen LogP contribution in [0.2, 0.25) is 0 Å². The van der Waals surface area contributed by atoms with Crippen LogP contribution in [0.25, 0.3) is 5.57 Å². The third-order valence-electron chi connectivity index (χ3n) is 8.31. The largest absolute Gasteiger partial charge is 0.390 e. The number of hydrogen-bond donors (Lipinski definition) is 3. The second-order valence-corrected chi connectivity index (χ2v) is 12.5. The molecule has 1 heterocycles. The van der Waals surface area contributed by atoms with Gasteiger partial charge in [0.1, 0.15) is 5.70 Å². The van der Waals surface area contributed by atoms with Crippen molar-refractivity contribution in [1.29, 1.82) is 0 Å². The summed E-state index contributed by atoms with van der Waals surface area (Å²) < 4.78 is 11.4. The molecule has 1 aliphatic heterocycles. The Labute approximate surface area is 274 Å². The lowest BCUT2D eigenvalue weighted by atomic mass is 9.81. The van der Waals surface area contributed by atoms with Crippen LogP contribution in [0.3, 0.4) is 0 Å². The third-order valence-corrected chi connectivity index (χ3v) is 8.31. The standard InChI is InChI=1S/C37H50N3O6/c1-23-19-26(4)34(41)30(46-8)22-24(2)21-29-32(38-17-18-40(5)6)36(43)31(27-14-10-9-11-15-27)33(35(29)42)39-37(44)25(3)13-12-16-28(20-23)45-7/h9-16,19-20,24,26,28,30,34,38,41H,17-18,21-22H2,1-8H3,(H,39,44)/b16-12-,23-19+,25-13+/t24-,26+,28-,30+,34-/m1/s1. The first-order valence-electron chi connectivity index (χ1n) is 15.8. The van der Waals surface area contributed by atoms with Gasteiger partial charge in [-0.3, -0.25) is 14.4 Å². The lowest BCUT2D eigenvalue weighted by Gasteiger charge is -2.30. The fourth-order valence-electron chi connectivity index (χ4n) is 5.71. The number of benzene rings is 1. The fourth-order valence-corrected chi connectivity index (χ4v) is 5.71. The van der Waals surface area contributed by atoms with Gasteiger partial charge in [-0.15, -0.1) is 0 Å². The summed E-state index contributed by atoms with van der Waals surface area (Å²) >= 11 is 0. The molecule has 0 fully saturated rings. The third kappa shape index (κ3) is 9.69. The number of allylic oxidation sites excluding steroid dienone is 4. The van der Waals surface area contributed by atoms with Crippen molar-refractivity contribution >= 4 is 23.0 Å². The van der Waals surface area contributed by atoms with E-state index in [0.29, 0.717) is 36.2 Å². The Bertz CT molecular complexity index is 1410. The molecule has 0 aromatic heterocycles. The highest BCUT2D eigenvalue weighted by Gasteiger charge is 2.37. The summed E-state index contributed by atoms with van der Waals surface area (Å²) in [4.78, 5) is 44.2. The van der Waals surface area contributed by atoms with Crippen molar-refractivity contribution in [2.45, 2.75) is 58.8 Å². The molecule has 0 saturated carbocycles. The smallest absolute Gasteiger partial charge is 0.251 e. The molecule has 3 N–H and O–H groups in total. The van der Waals surface area contributed by atoms with E-state index in [1.807, 2.05) is 58.3 Å². The predicted molar refractivity (Wildman–Crippen MR) is 181 cm³/mol. The van der Waals surface area contributed by atoms with Gasteiger partial charge in [0.2, 0.25) is 11.6 Å². The summed E-state index contributed by atoms with van der Waals surface area (Å²) in [5.41, 5.74) is 2.45. The number of Topliss-reactive ketones (excluding diaryl/α,β-unsaturated/α-hetero) is 2. The molecule has 1 radical (unpaired) electrons. The van der Waals surface area contributed by atoms with Gasteiger partial charge in [-0.05, 0) is 52.3 Å². The summed E-state index contributed by atoms with van der Waals surface area (Å²) in [6.07, 6.45) is 8.07. The summed E-state index contributed by atoms with van der Waals surface area (Å²) in [5, 5.41) is 17.4. The summed E-state index contributed by atoms with van der Waals surface area (Å²) in [6, 6.07) is 8.93. The lowest BCUT2D eigenvalue weighted by molar-refractivity contribution is -0.120. The van der Waals surface area contributed by atoms with Crippen molar-refractivity contribution in [2.24, 2.45) is 11.8 Å². The molecule has 0 saturated heterocycles. The van der Waals surface area contributed by atoms with Gasteiger partial charge in [-0.25, -0.2) is 0 Å². The molecule has 1 aliphatic carbocycles. The van der Waals surface area contributed by atoms with Crippen molar-refractivity contribution in [2.75, 3.05) is 41.4 Å². The highest BCUT2D eigenvalue weighted by atomic mass is 16.5. The van der Waals surface area contributed by atoms with E-state index in [1.165, 1.54) is 0 Å². The highest BCUT2D eigenvalue weighted by molar-refractivity contribution is 6.39. The first-order chi connectivity index (χ1) is 21.9. The minimum Gasteiger partial charge on any atom is -0.390 e. The Balaban J connectivity index is 2.18. The molecule has 9 nitrogen and oxygen atoms in total. The Hall–Kier alpha value is -3.63. The number of fused-ring (bicyclic) bond motifs is 2. The zero-order valence-corrected chi connectivity index (χ0v) is 28.4. The van der Waals surface area contributed by atoms with Gasteiger partial charge in [-0.2, -0.15) is 0 Å². The van der Waals surface area contributed by atoms with E-state index in [1.54, 1.807) is 63.6 Å². The number of amides is 1. The van der Waals surface area contributed by atoms with Crippen LogP contribution in [0.15, 0.2) is 82.7 Å². The van der Waals surface area contributed by atoms with Crippen molar-refractivity contribution in [3.63, 3.8) is 0 Å². The number of aliphatic hydroxyl groups excluding tert-OH is 1. The fraction of sp³-hybridized carbons (Fsp3) is 0.459. The van der Waals surface area contributed by atoms with Crippen LogP contribution in [-0.2, 0) is 23.9 Å². The van der Waals surface area contributed by atoms with Crippen LogP contribution in [0.5, 0.6) is 0 Å². The molecule has 249 valence electrons. The maximum absolute atomic E-state index is 14.4. The molecule has 1 amide bonds. The molecule has 1 aromatic carbocycles. The summed E-state index contributed by atoms with van der Waals surface area (Å²) in [7, 11) is 7.03. The van der Waals surface area contributed by atoms with Crippen molar-refractivity contribution in [3.8, 4) is 0 Å². The molecule has 2 bridgehead atoms. The van der Waals surface area contributed by atoms with Gasteiger partial charge >= 0.3 is 0 Å². The number of likely N-dealkylation sites (N-methyl/N-ethyl adjacent to an activating group) is 1. The topological polar surface area (TPSA) is 117 Å². The molecule has 2 aliphatic rings. The quantitative estimate of drug-likeness (QED) is 0.384. The zero-order chi connectivity index (χ0) is 34.0. The maximum Gasteiger partial charge on any atom is 0.251 e. The molecular weight excluding hydrogens is 582 g/mol. The Morgan fingerprint density at radius 2 is 1.72 bits per heavy atom.